The zero-order valence-corrected chi connectivity index (χ0v) is 21.7. The fourth-order valence-corrected chi connectivity index (χ4v) is 6.38. The normalized spacial score (nSPS) is 20.8. The molecule has 5 rings (SSSR count). The molecule has 1 saturated heterocycles. The minimum Gasteiger partial charge on any atom is -0.344 e. The molecule has 3 aromatic rings. The highest BCUT2D eigenvalue weighted by Gasteiger charge is 2.53. The van der Waals surface area contributed by atoms with Gasteiger partial charge in [0, 0.05) is 18.4 Å². The van der Waals surface area contributed by atoms with Crippen LogP contribution in [0.3, 0.4) is 0 Å². The average Bonchev–Trinajstić information content (AvgIpc) is 3.42. The topological polar surface area (TPSA) is 83.6 Å². The minimum absolute atomic E-state index is 0.117. The zero-order valence-electron chi connectivity index (χ0n) is 20.9. The molecule has 0 bridgehead atoms. The summed E-state index contributed by atoms with van der Waals surface area (Å²) in [5, 5.41) is 3.16. The van der Waals surface area contributed by atoms with Gasteiger partial charge in [0.25, 0.3) is 11.8 Å². The first-order valence-corrected chi connectivity index (χ1v) is 14.4. The van der Waals surface area contributed by atoms with Crippen molar-refractivity contribution >= 4 is 21.7 Å². The Hall–Kier alpha value is -3.59. The molecule has 38 heavy (non-hydrogen) atoms. The van der Waals surface area contributed by atoms with Crippen molar-refractivity contribution in [1.82, 2.24) is 10.2 Å². The van der Waals surface area contributed by atoms with Crippen LogP contribution in [0.1, 0.15) is 57.5 Å². The molecule has 1 heterocycles. The lowest BCUT2D eigenvalue weighted by Gasteiger charge is -2.33. The number of nitrogens with one attached hydrogen (secondary N) is 1. The second-order valence-electron chi connectivity index (χ2n) is 10.2. The second kappa shape index (κ2) is 9.94. The number of benzene rings is 3. The van der Waals surface area contributed by atoms with Gasteiger partial charge in [-0.2, -0.15) is 0 Å². The predicted octanol–water partition coefficient (Wildman–Crippen LogP) is 4.53. The zero-order chi connectivity index (χ0) is 27.1. The Morgan fingerprint density at radius 1 is 1.00 bits per heavy atom. The molecule has 6 nitrogen and oxygen atoms in total. The highest BCUT2D eigenvalue weighted by molar-refractivity contribution is 7.90. The first-order chi connectivity index (χ1) is 18.1. The summed E-state index contributed by atoms with van der Waals surface area (Å²) in [6.07, 6.45) is 4.23. The molecule has 0 aromatic heterocycles. The van der Waals surface area contributed by atoms with Gasteiger partial charge in [-0.05, 0) is 85.7 Å². The summed E-state index contributed by atoms with van der Waals surface area (Å²) in [5.41, 5.74) is 1.35. The van der Waals surface area contributed by atoms with Crippen LogP contribution in [-0.2, 0) is 16.3 Å². The van der Waals surface area contributed by atoms with Crippen molar-refractivity contribution in [3.63, 3.8) is 0 Å². The second-order valence-corrected chi connectivity index (χ2v) is 12.2. The standard InChI is InChI=1S/C29H28F2N2O4S/c1-38(36,37)23-11-12-25(31)24(18-23)28(35)33-15-14-29(13-3-6-26(29)33)32-27(34)21-9-7-19(8-10-21)16-20-4-2-5-22(30)17-20/h2,4-5,7-12,17-18,26H,3,6,13-16H2,1H3,(H,32,34)/t26-,29+/m0/s1. The van der Waals surface area contributed by atoms with E-state index in [2.05, 4.69) is 5.32 Å². The SMILES string of the molecule is CS(=O)(=O)c1ccc(F)c(C(=O)N2CC[C@]3(NC(=O)c4ccc(Cc5cccc(F)c5)cc4)CCC[C@H]23)c1. The number of likely N-dealkylation sites (tertiary alicyclic amines) is 1. The number of nitrogens with zero attached hydrogens (tertiary/aromatic N) is 1. The number of sulfone groups is 1. The van der Waals surface area contributed by atoms with Gasteiger partial charge in [0.05, 0.1) is 22.0 Å². The lowest BCUT2D eigenvalue weighted by Crippen LogP contribution is -2.54. The summed E-state index contributed by atoms with van der Waals surface area (Å²) in [7, 11) is -3.61. The molecule has 1 saturated carbocycles. The molecular weight excluding hydrogens is 510 g/mol. The van der Waals surface area contributed by atoms with Crippen LogP contribution >= 0.6 is 0 Å². The Morgan fingerprint density at radius 2 is 1.76 bits per heavy atom. The number of fused-ring (bicyclic) bond motifs is 1. The van der Waals surface area contributed by atoms with E-state index in [1.54, 1.807) is 23.1 Å². The smallest absolute Gasteiger partial charge is 0.257 e. The van der Waals surface area contributed by atoms with Crippen molar-refractivity contribution in [3.05, 3.63) is 101 Å². The summed E-state index contributed by atoms with van der Waals surface area (Å²) >= 11 is 0. The molecule has 0 radical (unpaired) electrons. The van der Waals surface area contributed by atoms with Crippen LogP contribution in [0.2, 0.25) is 0 Å². The predicted molar refractivity (Wildman–Crippen MR) is 139 cm³/mol. The molecule has 0 spiro atoms. The number of amides is 2. The third-order valence-corrected chi connectivity index (χ3v) is 8.76. The summed E-state index contributed by atoms with van der Waals surface area (Å²) in [4.78, 5) is 28.0. The van der Waals surface area contributed by atoms with Crippen molar-refractivity contribution in [2.24, 2.45) is 0 Å². The third-order valence-electron chi connectivity index (χ3n) is 7.65. The Morgan fingerprint density at radius 3 is 2.47 bits per heavy atom. The van der Waals surface area contributed by atoms with Crippen LogP contribution in [-0.4, -0.2) is 49.5 Å². The molecule has 2 atom stereocenters. The van der Waals surface area contributed by atoms with E-state index in [1.807, 2.05) is 18.2 Å². The molecule has 3 aromatic carbocycles. The molecule has 0 unspecified atom stereocenters. The largest absolute Gasteiger partial charge is 0.344 e. The molecule has 9 heteroatoms. The average molecular weight is 539 g/mol. The lowest BCUT2D eigenvalue weighted by molar-refractivity contribution is 0.0690. The van der Waals surface area contributed by atoms with Crippen molar-refractivity contribution in [2.45, 2.75) is 48.6 Å². The van der Waals surface area contributed by atoms with E-state index in [9.17, 15) is 26.8 Å². The molecule has 1 aliphatic heterocycles. The summed E-state index contributed by atoms with van der Waals surface area (Å²) in [6.45, 7) is 0.332. The molecule has 198 valence electrons. The van der Waals surface area contributed by atoms with Gasteiger partial charge in [-0.1, -0.05) is 24.3 Å². The van der Waals surface area contributed by atoms with Gasteiger partial charge >= 0.3 is 0 Å². The fraction of sp³-hybridized carbons (Fsp3) is 0.310. The Bertz CT molecular complexity index is 1510. The number of carbonyl (C=O) groups is 2. The van der Waals surface area contributed by atoms with E-state index in [0.29, 0.717) is 37.8 Å². The quantitative estimate of drug-likeness (QED) is 0.468. The van der Waals surface area contributed by atoms with Gasteiger partial charge in [0.15, 0.2) is 9.84 Å². The molecule has 2 fully saturated rings. The van der Waals surface area contributed by atoms with Gasteiger partial charge in [0.1, 0.15) is 11.6 Å². The van der Waals surface area contributed by atoms with Crippen molar-refractivity contribution in [3.8, 4) is 0 Å². The van der Waals surface area contributed by atoms with Crippen LogP contribution in [0, 0.1) is 11.6 Å². The van der Waals surface area contributed by atoms with Gasteiger partial charge in [0.2, 0.25) is 0 Å². The van der Waals surface area contributed by atoms with Crippen molar-refractivity contribution < 1.29 is 26.8 Å². The van der Waals surface area contributed by atoms with E-state index in [4.69, 9.17) is 0 Å². The molecule has 1 N–H and O–H groups in total. The van der Waals surface area contributed by atoms with Gasteiger partial charge in [-0.3, -0.25) is 9.59 Å². The number of hydrogen-bond donors (Lipinski definition) is 1. The maximum absolute atomic E-state index is 14.6. The first-order valence-electron chi connectivity index (χ1n) is 12.5. The van der Waals surface area contributed by atoms with Crippen LogP contribution in [0.4, 0.5) is 8.78 Å². The Labute approximate surface area is 220 Å². The minimum atomic E-state index is -3.61. The van der Waals surface area contributed by atoms with Gasteiger partial charge in [-0.15, -0.1) is 0 Å². The summed E-state index contributed by atoms with van der Waals surface area (Å²) in [6, 6.07) is 16.5. The lowest BCUT2D eigenvalue weighted by atomic mass is 9.92. The molecular formula is C29H28F2N2O4S. The van der Waals surface area contributed by atoms with E-state index in [-0.39, 0.29) is 28.2 Å². The molecule has 2 aliphatic rings. The van der Waals surface area contributed by atoms with E-state index >= 15 is 0 Å². The number of hydrogen-bond acceptors (Lipinski definition) is 4. The Kier molecular flexibility index (Phi) is 6.81. The Balaban J connectivity index is 1.31. The summed E-state index contributed by atoms with van der Waals surface area (Å²) < 4.78 is 52.0. The number of halogens is 2. The first kappa shape index (κ1) is 26.0. The van der Waals surface area contributed by atoms with Crippen LogP contribution in [0.25, 0.3) is 0 Å². The van der Waals surface area contributed by atoms with E-state index < -0.39 is 27.1 Å². The van der Waals surface area contributed by atoms with Crippen LogP contribution < -0.4 is 5.32 Å². The maximum atomic E-state index is 14.6. The van der Waals surface area contributed by atoms with Crippen LogP contribution in [0.5, 0.6) is 0 Å². The molecule has 1 aliphatic carbocycles. The van der Waals surface area contributed by atoms with Gasteiger partial charge in [-0.25, -0.2) is 17.2 Å². The third kappa shape index (κ3) is 5.07. The maximum Gasteiger partial charge on any atom is 0.257 e. The number of rotatable bonds is 6. The fourth-order valence-electron chi connectivity index (χ4n) is 5.74. The number of carbonyl (C=O) groups excluding carboxylic acids is 2. The molecule has 2 amide bonds. The van der Waals surface area contributed by atoms with E-state index in [0.717, 1.165) is 42.0 Å². The highest BCUT2D eigenvalue weighted by atomic mass is 32.2. The van der Waals surface area contributed by atoms with Crippen LogP contribution in [0.15, 0.2) is 71.6 Å². The van der Waals surface area contributed by atoms with Gasteiger partial charge < -0.3 is 10.2 Å². The van der Waals surface area contributed by atoms with E-state index in [1.165, 1.54) is 12.1 Å². The summed E-state index contributed by atoms with van der Waals surface area (Å²) in [5.74, 6) is -1.90. The van der Waals surface area contributed by atoms with Crippen molar-refractivity contribution in [1.29, 1.82) is 0 Å². The monoisotopic (exact) mass is 538 g/mol. The highest BCUT2D eigenvalue weighted by Crippen LogP contribution is 2.42. The van der Waals surface area contributed by atoms with Crippen molar-refractivity contribution in [2.75, 3.05) is 12.8 Å².